The first-order chi connectivity index (χ1) is 9.91. The second-order valence-corrected chi connectivity index (χ2v) is 6.36. The number of hydrogen-bond acceptors (Lipinski definition) is 3. The molecule has 0 spiro atoms. The summed E-state index contributed by atoms with van der Waals surface area (Å²) in [6.07, 6.45) is 2.49. The van der Waals surface area contributed by atoms with Crippen LogP contribution >= 0.6 is 0 Å². The number of benzene rings is 1. The Morgan fingerprint density at radius 3 is 2.38 bits per heavy atom. The summed E-state index contributed by atoms with van der Waals surface area (Å²) in [7, 11) is 1.62. The highest BCUT2D eigenvalue weighted by atomic mass is 16.5. The van der Waals surface area contributed by atoms with Crippen molar-refractivity contribution in [3.63, 3.8) is 0 Å². The second-order valence-electron chi connectivity index (χ2n) is 6.36. The molecule has 1 aromatic heterocycles. The fourth-order valence-electron chi connectivity index (χ4n) is 2.36. The van der Waals surface area contributed by atoms with Crippen molar-refractivity contribution < 1.29 is 4.74 Å². The third kappa shape index (κ3) is 3.82. The molecule has 0 aliphatic rings. The molecule has 2 aromatic rings. The van der Waals surface area contributed by atoms with Crippen LogP contribution in [-0.2, 0) is 11.8 Å². The van der Waals surface area contributed by atoms with Crippen LogP contribution in [0.25, 0.3) is 0 Å². The first-order valence-corrected chi connectivity index (χ1v) is 7.25. The summed E-state index contributed by atoms with van der Waals surface area (Å²) in [6, 6.07) is 12.4. The molecule has 2 rings (SSSR count). The minimum Gasteiger partial charge on any atom is -0.481 e. The zero-order valence-electron chi connectivity index (χ0n) is 13.3. The summed E-state index contributed by atoms with van der Waals surface area (Å²) in [6.45, 7) is 6.65. The SMILES string of the molecule is COc1ncccc1C(N)Cc1ccc(C(C)(C)C)cc1. The van der Waals surface area contributed by atoms with Crippen LogP contribution in [0.15, 0.2) is 42.6 Å². The molecule has 1 heterocycles. The molecule has 0 fully saturated rings. The molecule has 3 heteroatoms. The van der Waals surface area contributed by atoms with Gasteiger partial charge in [0.1, 0.15) is 0 Å². The summed E-state index contributed by atoms with van der Waals surface area (Å²) in [5.41, 5.74) is 9.98. The van der Waals surface area contributed by atoms with Crippen molar-refractivity contribution in [3.05, 3.63) is 59.3 Å². The molecule has 21 heavy (non-hydrogen) atoms. The van der Waals surface area contributed by atoms with Crippen molar-refractivity contribution >= 4 is 0 Å². The van der Waals surface area contributed by atoms with Gasteiger partial charge in [-0.15, -0.1) is 0 Å². The van der Waals surface area contributed by atoms with Gasteiger partial charge in [-0.3, -0.25) is 0 Å². The zero-order chi connectivity index (χ0) is 15.5. The monoisotopic (exact) mass is 284 g/mol. The Labute approximate surface area is 127 Å². The minimum atomic E-state index is -0.117. The van der Waals surface area contributed by atoms with Gasteiger partial charge in [0.25, 0.3) is 0 Å². The summed E-state index contributed by atoms with van der Waals surface area (Å²) in [5, 5.41) is 0. The fourth-order valence-corrected chi connectivity index (χ4v) is 2.36. The maximum Gasteiger partial charge on any atom is 0.217 e. The Hall–Kier alpha value is -1.87. The van der Waals surface area contributed by atoms with Gasteiger partial charge in [-0.25, -0.2) is 4.98 Å². The summed E-state index contributed by atoms with van der Waals surface area (Å²) in [4.78, 5) is 4.20. The molecule has 0 saturated heterocycles. The third-order valence-electron chi connectivity index (χ3n) is 3.67. The van der Waals surface area contributed by atoms with Gasteiger partial charge >= 0.3 is 0 Å². The fraction of sp³-hybridized carbons (Fsp3) is 0.389. The van der Waals surface area contributed by atoms with Crippen LogP contribution in [0.5, 0.6) is 5.88 Å². The summed E-state index contributed by atoms with van der Waals surface area (Å²) >= 11 is 0. The summed E-state index contributed by atoms with van der Waals surface area (Å²) < 4.78 is 5.28. The molecule has 112 valence electrons. The smallest absolute Gasteiger partial charge is 0.217 e. The Bertz CT molecular complexity index is 585. The predicted molar refractivity (Wildman–Crippen MR) is 86.6 cm³/mol. The number of nitrogens with zero attached hydrogens (tertiary/aromatic N) is 1. The lowest BCUT2D eigenvalue weighted by Crippen LogP contribution is -2.15. The maximum absolute atomic E-state index is 6.31. The van der Waals surface area contributed by atoms with Gasteiger partial charge in [0.2, 0.25) is 5.88 Å². The molecule has 0 aliphatic heterocycles. The molecule has 1 unspecified atom stereocenters. The van der Waals surface area contributed by atoms with Crippen LogP contribution in [0.4, 0.5) is 0 Å². The van der Waals surface area contributed by atoms with Crippen LogP contribution < -0.4 is 10.5 Å². The van der Waals surface area contributed by atoms with Crippen molar-refractivity contribution in [1.82, 2.24) is 4.98 Å². The second kappa shape index (κ2) is 6.27. The van der Waals surface area contributed by atoms with Crippen LogP contribution in [0, 0.1) is 0 Å². The molecule has 0 saturated carbocycles. The Morgan fingerprint density at radius 1 is 1.14 bits per heavy atom. The van der Waals surface area contributed by atoms with E-state index in [4.69, 9.17) is 10.5 Å². The number of pyridine rings is 1. The van der Waals surface area contributed by atoms with E-state index in [2.05, 4.69) is 50.0 Å². The standard InChI is InChI=1S/C18H24N2O/c1-18(2,3)14-9-7-13(8-10-14)12-16(19)15-6-5-11-20-17(15)21-4/h5-11,16H,12,19H2,1-4H3. The summed E-state index contributed by atoms with van der Waals surface area (Å²) in [5.74, 6) is 0.608. The largest absolute Gasteiger partial charge is 0.481 e. The number of rotatable bonds is 4. The normalized spacial score (nSPS) is 13.0. The van der Waals surface area contributed by atoms with Gasteiger partial charge in [-0.1, -0.05) is 51.1 Å². The molecule has 0 aliphatic carbocycles. The van der Waals surface area contributed by atoms with Gasteiger partial charge in [0, 0.05) is 17.8 Å². The molecule has 0 radical (unpaired) electrons. The number of nitrogens with two attached hydrogens (primary N) is 1. The van der Waals surface area contributed by atoms with Crippen molar-refractivity contribution in [1.29, 1.82) is 0 Å². The lowest BCUT2D eigenvalue weighted by Gasteiger charge is -2.20. The highest BCUT2D eigenvalue weighted by molar-refractivity contribution is 5.32. The van der Waals surface area contributed by atoms with Gasteiger partial charge in [0.15, 0.2) is 0 Å². The lowest BCUT2D eigenvalue weighted by atomic mass is 9.86. The van der Waals surface area contributed by atoms with Crippen molar-refractivity contribution in [3.8, 4) is 5.88 Å². The van der Waals surface area contributed by atoms with E-state index in [9.17, 15) is 0 Å². The third-order valence-corrected chi connectivity index (χ3v) is 3.67. The Balaban J connectivity index is 2.14. The molecule has 1 atom stereocenters. The van der Waals surface area contributed by atoms with E-state index in [1.807, 2.05) is 12.1 Å². The molecule has 2 N–H and O–H groups in total. The highest BCUT2D eigenvalue weighted by Crippen LogP contribution is 2.26. The maximum atomic E-state index is 6.31. The van der Waals surface area contributed by atoms with E-state index in [1.165, 1.54) is 11.1 Å². The van der Waals surface area contributed by atoms with Crippen LogP contribution in [0.2, 0.25) is 0 Å². The van der Waals surface area contributed by atoms with E-state index < -0.39 is 0 Å². The van der Waals surface area contributed by atoms with E-state index >= 15 is 0 Å². The van der Waals surface area contributed by atoms with E-state index in [-0.39, 0.29) is 11.5 Å². The number of ether oxygens (including phenoxy) is 1. The quantitative estimate of drug-likeness (QED) is 0.932. The molecule has 1 aromatic carbocycles. The Kier molecular flexibility index (Phi) is 4.63. The van der Waals surface area contributed by atoms with Gasteiger partial charge < -0.3 is 10.5 Å². The topological polar surface area (TPSA) is 48.1 Å². The molecule has 0 amide bonds. The number of hydrogen-bond donors (Lipinski definition) is 1. The number of aromatic nitrogens is 1. The van der Waals surface area contributed by atoms with Gasteiger partial charge in [0.05, 0.1) is 7.11 Å². The lowest BCUT2D eigenvalue weighted by molar-refractivity contribution is 0.388. The molecular weight excluding hydrogens is 260 g/mol. The average Bonchev–Trinajstić information content (AvgIpc) is 2.46. The van der Waals surface area contributed by atoms with Crippen molar-refractivity contribution in [2.75, 3.05) is 7.11 Å². The minimum absolute atomic E-state index is 0.117. The van der Waals surface area contributed by atoms with E-state index in [0.717, 1.165) is 12.0 Å². The van der Waals surface area contributed by atoms with Gasteiger partial charge in [-0.2, -0.15) is 0 Å². The average molecular weight is 284 g/mol. The highest BCUT2D eigenvalue weighted by Gasteiger charge is 2.15. The van der Waals surface area contributed by atoms with E-state index in [1.54, 1.807) is 13.3 Å². The Morgan fingerprint density at radius 2 is 1.81 bits per heavy atom. The van der Waals surface area contributed by atoms with Crippen LogP contribution in [0.3, 0.4) is 0 Å². The molecular formula is C18H24N2O. The van der Waals surface area contributed by atoms with Crippen LogP contribution in [-0.4, -0.2) is 12.1 Å². The van der Waals surface area contributed by atoms with Crippen molar-refractivity contribution in [2.24, 2.45) is 5.73 Å². The van der Waals surface area contributed by atoms with E-state index in [0.29, 0.717) is 5.88 Å². The molecule has 0 bridgehead atoms. The van der Waals surface area contributed by atoms with Crippen molar-refractivity contribution in [2.45, 2.75) is 38.6 Å². The predicted octanol–water partition coefficient (Wildman–Crippen LogP) is 3.63. The zero-order valence-corrected chi connectivity index (χ0v) is 13.3. The van der Waals surface area contributed by atoms with Gasteiger partial charge in [-0.05, 0) is 29.0 Å². The van der Waals surface area contributed by atoms with Crippen LogP contribution in [0.1, 0.15) is 43.5 Å². The first kappa shape index (κ1) is 15.5. The number of methoxy groups -OCH3 is 1. The molecule has 3 nitrogen and oxygen atoms in total. The first-order valence-electron chi connectivity index (χ1n) is 7.25.